The molecule has 0 spiro atoms. The van der Waals surface area contributed by atoms with Gasteiger partial charge in [-0.05, 0) is 69.5 Å². The molecule has 2 aromatic carbocycles. The Balaban J connectivity index is 1.59. The third-order valence-corrected chi connectivity index (χ3v) is 5.08. The van der Waals surface area contributed by atoms with Gasteiger partial charge < -0.3 is 19.7 Å². The van der Waals surface area contributed by atoms with Gasteiger partial charge >= 0.3 is 5.97 Å². The lowest BCUT2D eigenvalue weighted by Crippen LogP contribution is -2.30. The lowest BCUT2D eigenvalue weighted by atomic mass is 10.1. The maximum absolute atomic E-state index is 12.5. The van der Waals surface area contributed by atoms with E-state index >= 15 is 0 Å². The normalized spacial score (nSPS) is 14.8. The van der Waals surface area contributed by atoms with E-state index in [0.29, 0.717) is 17.0 Å². The van der Waals surface area contributed by atoms with Crippen LogP contribution in [0.5, 0.6) is 5.75 Å². The van der Waals surface area contributed by atoms with Crippen molar-refractivity contribution in [3.63, 3.8) is 0 Å². The second kappa shape index (κ2) is 9.45. The summed E-state index contributed by atoms with van der Waals surface area (Å²) in [5.41, 5.74) is 3.04. The van der Waals surface area contributed by atoms with E-state index in [1.54, 1.807) is 19.1 Å². The number of hydrogen-bond donors (Lipinski definition) is 1. The van der Waals surface area contributed by atoms with Crippen LogP contribution >= 0.6 is 0 Å². The number of benzene rings is 2. The third-order valence-electron chi connectivity index (χ3n) is 5.08. The van der Waals surface area contributed by atoms with Crippen LogP contribution in [0.15, 0.2) is 42.5 Å². The van der Waals surface area contributed by atoms with Gasteiger partial charge in [-0.15, -0.1) is 0 Å². The van der Waals surface area contributed by atoms with Gasteiger partial charge in [0.2, 0.25) is 0 Å². The number of nitrogens with one attached hydrogen (secondary N) is 1. The van der Waals surface area contributed by atoms with Gasteiger partial charge in [0, 0.05) is 24.5 Å². The average Bonchev–Trinajstić information content (AvgIpc) is 2.74. The number of hydrogen-bond acceptors (Lipinski definition) is 5. The monoisotopic (exact) mass is 396 g/mol. The molecule has 1 atom stereocenters. The zero-order valence-electron chi connectivity index (χ0n) is 17.2. The SMILES string of the molecule is COc1ccc(C)cc1C(=O)O[C@@H](C)C(=O)Nc1ccc(N2CCCCC2)cc1. The lowest BCUT2D eigenvalue weighted by molar-refractivity contribution is -0.123. The molecule has 1 heterocycles. The van der Waals surface area contributed by atoms with Crippen molar-refractivity contribution in [1.29, 1.82) is 0 Å². The summed E-state index contributed by atoms with van der Waals surface area (Å²) >= 11 is 0. The van der Waals surface area contributed by atoms with Crippen LogP contribution in [0.2, 0.25) is 0 Å². The van der Waals surface area contributed by atoms with Crippen molar-refractivity contribution < 1.29 is 19.1 Å². The summed E-state index contributed by atoms with van der Waals surface area (Å²) in [4.78, 5) is 27.3. The highest BCUT2D eigenvalue weighted by Crippen LogP contribution is 2.23. The van der Waals surface area contributed by atoms with Crippen molar-refractivity contribution in [2.45, 2.75) is 39.2 Å². The molecular weight excluding hydrogens is 368 g/mol. The smallest absolute Gasteiger partial charge is 0.342 e. The fourth-order valence-electron chi connectivity index (χ4n) is 3.41. The molecule has 3 rings (SSSR count). The highest BCUT2D eigenvalue weighted by atomic mass is 16.5. The fraction of sp³-hybridized carbons (Fsp3) is 0.391. The highest BCUT2D eigenvalue weighted by Gasteiger charge is 2.22. The summed E-state index contributed by atoms with van der Waals surface area (Å²) in [6, 6.07) is 13.0. The number of ether oxygens (including phenoxy) is 2. The Morgan fingerprint density at radius 2 is 1.72 bits per heavy atom. The zero-order valence-corrected chi connectivity index (χ0v) is 17.2. The molecule has 0 aromatic heterocycles. The summed E-state index contributed by atoms with van der Waals surface area (Å²) in [5, 5.41) is 2.80. The first-order chi connectivity index (χ1) is 14.0. The minimum absolute atomic E-state index is 0.304. The van der Waals surface area contributed by atoms with Crippen LogP contribution in [0, 0.1) is 6.92 Å². The molecule has 1 fully saturated rings. The van der Waals surface area contributed by atoms with Crippen molar-refractivity contribution in [3.05, 3.63) is 53.6 Å². The summed E-state index contributed by atoms with van der Waals surface area (Å²) in [6.45, 7) is 5.57. The van der Waals surface area contributed by atoms with Crippen molar-refractivity contribution in [2.75, 3.05) is 30.4 Å². The largest absolute Gasteiger partial charge is 0.496 e. The van der Waals surface area contributed by atoms with Gasteiger partial charge in [-0.2, -0.15) is 0 Å². The first-order valence-electron chi connectivity index (χ1n) is 9.99. The number of piperidine rings is 1. The second-order valence-corrected chi connectivity index (χ2v) is 7.34. The topological polar surface area (TPSA) is 67.9 Å². The highest BCUT2D eigenvalue weighted by molar-refractivity contribution is 5.98. The number of rotatable bonds is 6. The van der Waals surface area contributed by atoms with E-state index in [1.807, 2.05) is 37.3 Å². The molecule has 0 radical (unpaired) electrons. The van der Waals surface area contributed by atoms with E-state index < -0.39 is 12.1 Å². The Bertz CT molecular complexity index is 858. The average molecular weight is 396 g/mol. The van der Waals surface area contributed by atoms with Gasteiger partial charge in [0.05, 0.1) is 7.11 Å². The maximum atomic E-state index is 12.5. The van der Waals surface area contributed by atoms with Gasteiger partial charge in [-0.1, -0.05) is 11.6 Å². The maximum Gasteiger partial charge on any atom is 0.342 e. The number of methoxy groups -OCH3 is 1. The van der Waals surface area contributed by atoms with E-state index in [-0.39, 0.29) is 5.91 Å². The van der Waals surface area contributed by atoms with Gasteiger partial charge in [0.1, 0.15) is 11.3 Å². The molecule has 1 N–H and O–H groups in total. The number of carbonyl (C=O) groups is 2. The van der Waals surface area contributed by atoms with E-state index in [9.17, 15) is 9.59 Å². The number of nitrogens with zero attached hydrogens (tertiary/aromatic N) is 1. The molecule has 1 aliphatic heterocycles. The van der Waals surface area contributed by atoms with Crippen molar-refractivity contribution in [3.8, 4) is 5.75 Å². The molecule has 1 aliphatic rings. The molecule has 0 bridgehead atoms. The molecule has 6 nitrogen and oxygen atoms in total. The van der Waals surface area contributed by atoms with E-state index in [2.05, 4.69) is 10.2 Å². The molecule has 1 saturated heterocycles. The second-order valence-electron chi connectivity index (χ2n) is 7.34. The molecule has 0 unspecified atom stereocenters. The quantitative estimate of drug-likeness (QED) is 0.742. The molecule has 2 aromatic rings. The Labute approximate surface area is 171 Å². The predicted molar refractivity (Wildman–Crippen MR) is 114 cm³/mol. The molecule has 0 aliphatic carbocycles. The number of amides is 1. The summed E-state index contributed by atoms with van der Waals surface area (Å²) in [5.74, 6) is -0.550. The van der Waals surface area contributed by atoms with E-state index in [4.69, 9.17) is 9.47 Å². The van der Waals surface area contributed by atoms with Crippen LogP contribution in [0.1, 0.15) is 42.1 Å². The predicted octanol–water partition coefficient (Wildman–Crippen LogP) is 4.18. The van der Waals surface area contributed by atoms with Crippen LogP contribution in [0.4, 0.5) is 11.4 Å². The summed E-state index contributed by atoms with van der Waals surface area (Å²) < 4.78 is 10.6. The van der Waals surface area contributed by atoms with Crippen LogP contribution in [0.3, 0.4) is 0 Å². The lowest BCUT2D eigenvalue weighted by Gasteiger charge is -2.28. The molecule has 0 saturated carbocycles. The molecule has 154 valence electrons. The van der Waals surface area contributed by atoms with Crippen molar-refractivity contribution in [2.24, 2.45) is 0 Å². The minimum atomic E-state index is -0.936. The number of anilines is 2. The zero-order chi connectivity index (χ0) is 20.8. The van der Waals surface area contributed by atoms with E-state index in [1.165, 1.54) is 26.4 Å². The molecular formula is C23H28N2O4. The number of aryl methyl sites for hydroxylation is 1. The standard InChI is InChI=1S/C23H28N2O4/c1-16-7-12-21(28-3)20(15-16)23(27)29-17(2)22(26)24-18-8-10-19(11-9-18)25-13-5-4-6-14-25/h7-12,15,17H,4-6,13-14H2,1-3H3,(H,24,26)/t17-/m0/s1. The molecule has 6 heteroatoms. The first-order valence-corrected chi connectivity index (χ1v) is 9.99. The Kier molecular flexibility index (Phi) is 6.75. The van der Waals surface area contributed by atoms with E-state index in [0.717, 1.165) is 24.3 Å². The van der Waals surface area contributed by atoms with Crippen LogP contribution < -0.4 is 15.0 Å². The molecule has 29 heavy (non-hydrogen) atoms. The van der Waals surface area contributed by atoms with Crippen LogP contribution in [-0.2, 0) is 9.53 Å². The van der Waals surface area contributed by atoms with Gasteiger partial charge in [0.25, 0.3) is 5.91 Å². The summed E-state index contributed by atoms with van der Waals surface area (Å²) in [7, 11) is 1.49. The third kappa shape index (κ3) is 5.28. The van der Waals surface area contributed by atoms with Crippen LogP contribution in [0.25, 0.3) is 0 Å². The Morgan fingerprint density at radius 1 is 1.03 bits per heavy atom. The van der Waals surface area contributed by atoms with Crippen molar-refractivity contribution in [1.82, 2.24) is 0 Å². The number of carbonyl (C=O) groups excluding carboxylic acids is 2. The Hall–Kier alpha value is -3.02. The van der Waals surface area contributed by atoms with Gasteiger partial charge in [-0.3, -0.25) is 4.79 Å². The Morgan fingerprint density at radius 3 is 2.38 bits per heavy atom. The minimum Gasteiger partial charge on any atom is -0.496 e. The van der Waals surface area contributed by atoms with Crippen LogP contribution in [-0.4, -0.2) is 38.2 Å². The van der Waals surface area contributed by atoms with Gasteiger partial charge in [0.15, 0.2) is 6.10 Å². The number of esters is 1. The first kappa shape index (κ1) is 20.7. The summed E-state index contributed by atoms with van der Waals surface area (Å²) in [6.07, 6.45) is 2.78. The van der Waals surface area contributed by atoms with Crippen molar-refractivity contribution >= 4 is 23.3 Å². The van der Waals surface area contributed by atoms with Gasteiger partial charge in [-0.25, -0.2) is 4.79 Å². The molecule has 1 amide bonds. The fourth-order valence-corrected chi connectivity index (χ4v) is 3.41.